The SMILES string of the molecule is CC(C)(C)c1nc(Cl)co1. The number of nitrogens with zero attached hydrogens (tertiary/aromatic N) is 1. The zero-order valence-corrected chi connectivity index (χ0v) is 7.07. The molecule has 2 nitrogen and oxygen atoms in total. The minimum atomic E-state index is -0.0485. The Balaban J connectivity index is 2.96. The van der Waals surface area contributed by atoms with Crippen molar-refractivity contribution >= 4 is 11.6 Å². The smallest absolute Gasteiger partial charge is 0.200 e. The molecule has 0 spiro atoms. The molecule has 0 saturated heterocycles. The Morgan fingerprint density at radius 3 is 2.30 bits per heavy atom. The van der Waals surface area contributed by atoms with Crippen LogP contribution in [-0.4, -0.2) is 4.98 Å². The molecular weight excluding hydrogens is 150 g/mol. The average molecular weight is 160 g/mol. The monoisotopic (exact) mass is 159 g/mol. The maximum Gasteiger partial charge on any atom is 0.200 e. The van der Waals surface area contributed by atoms with E-state index in [0.29, 0.717) is 11.0 Å². The molecule has 1 aromatic heterocycles. The summed E-state index contributed by atoms with van der Waals surface area (Å²) in [7, 11) is 0. The van der Waals surface area contributed by atoms with Gasteiger partial charge in [-0.1, -0.05) is 32.4 Å². The second-order valence-corrected chi connectivity index (χ2v) is 3.61. The molecule has 0 unspecified atom stereocenters. The van der Waals surface area contributed by atoms with E-state index in [1.165, 1.54) is 6.26 Å². The third-order valence-electron chi connectivity index (χ3n) is 1.12. The number of aromatic nitrogens is 1. The van der Waals surface area contributed by atoms with Crippen LogP contribution < -0.4 is 0 Å². The van der Waals surface area contributed by atoms with Crippen molar-refractivity contribution in [2.75, 3.05) is 0 Å². The van der Waals surface area contributed by atoms with Crippen molar-refractivity contribution in [3.05, 3.63) is 17.3 Å². The van der Waals surface area contributed by atoms with E-state index in [9.17, 15) is 0 Å². The highest BCUT2D eigenvalue weighted by Crippen LogP contribution is 2.22. The van der Waals surface area contributed by atoms with Crippen molar-refractivity contribution in [3.63, 3.8) is 0 Å². The normalized spacial score (nSPS) is 12.0. The summed E-state index contributed by atoms with van der Waals surface area (Å²) in [6.07, 6.45) is 1.45. The molecule has 10 heavy (non-hydrogen) atoms. The summed E-state index contributed by atoms with van der Waals surface area (Å²) in [6, 6.07) is 0. The van der Waals surface area contributed by atoms with Crippen molar-refractivity contribution in [2.45, 2.75) is 26.2 Å². The van der Waals surface area contributed by atoms with Gasteiger partial charge in [-0.2, -0.15) is 0 Å². The van der Waals surface area contributed by atoms with Gasteiger partial charge in [-0.15, -0.1) is 0 Å². The zero-order valence-electron chi connectivity index (χ0n) is 6.31. The fourth-order valence-electron chi connectivity index (χ4n) is 0.599. The lowest BCUT2D eigenvalue weighted by Gasteiger charge is -2.11. The molecule has 0 atom stereocenters. The first-order valence-corrected chi connectivity index (χ1v) is 3.49. The Kier molecular flexibility index (Phi) is 1.73. The molecule has 0 saturated carbocycles. The van der Waals surface area contributed by atoms with Gasteiger partial charge >= 0.3 is 0 Å². The minimum absolute atomic E-state index is 0.0485. The first-order valence-electron chi connectivity index (χ1n) is 3.11. The maximum absolute atomic E-state index is 5.56. The highest BCUT2D eigenvalue weighted by Gasteiger charge is 2.19. The van der Waals surface area contributed by atoms with E-state index >= 15 is 0 Å². The highest BCUT2D eigenvalue weighted by molar-refractivity contribution is 6.29. The van der Waals surface area contributed by atoms with E-state index in [2.05, 4.69) is 4.98 Å². The second-order valence-electron chi connectivity index (χ2n) is 3.23. The largest absolute Gasteiger partial charge is 0.447 e. The Labute approximate surface area is 65.2 Å². The van der Waals surface area contributed by atoms with E-state index in [1.54, 1.807) is 0 Å². The summed E-state index contributed by atoms with van der Waals surface area (Å²) in [6.45, 7) is 6.07. The van der Waals surface area contributed by atoms with Gasteiger partial charge < -0.3 is 4.42 Å². The van der Waals surface area contributed by atoms with Crippen LogP contribution in [0, 0.1) is 0 Å². The minimum Gasteiger partial charge on any atom is -0.447 e. The van der Waals surface area contributed by atoms with E-state index in [1.807, 2.05) is 20.8 Å². The number of rotatable bonds is 0. The van der Waals surface area contributed by atoms with Crippen LogP contribution in [-0.2, 0) is 5.41 Å². The van der Waals surface area contributed by atoms with Gasteiger partial charge in [0.25, 0.3) is 0 Å². The van der Waals surface area contributed by atoms with Crippen LogP contribution >= 0.6 is 11.6 Å². The van der Waals surface area contributed by atoms with Crippen molar-refractivity contribution in [3.8, 4) is 0 Å². The molecular formula is C7H10ClNO. The summed E-state index contributed by atoms with van der Waals surface area (Å²) in [4.78, 5) is 3.98. The first-order chi connectivity index (χ1) is 4.50. The molecule has 0 aromatic carbocycles. The van der Waals surface area contributed by atoms with Crippen LogP contribution in [0.1, 0.15) is 26.7 Å². The Hall–Kier alpha value is -0.500. The molecule has 1 heterocycles. The number of hydrogen-bond acceptors (Lipinski definition) is 2. The van der Waals surface area contributed by atoms with Crippen molar-refractivity contribution < 1.29 is 4.42 Å². The van der Waals surface area contributed by atoms with E-state index in [4.69, 9.17) is 16.0 Å². The molecule has 0 aliphatic carbocycles. The summed E-state index contributed by atoms with van der Waals surface area (Å²) < 4.78 is 5.09. The molecule has 0 fully saturated rings. The van der Waals surface area contributed by atoms with Crippen molar-refractivity contribution in [1.29, 1.82) is 0 Å². The topological polar surface area (TPSA) is 26.0 Å². The molecule has 0 N–H and O–H groups in total. The van der Waals surface area contributed by atoms with Crippen molar-refractivity contribution in [2.24, 2.45) is 0 Å². The highest BCUT2D eigenvalue weighted by atomic mass is 35.5. The fourth-order valence-corrected chi connectivity index (χ4v) is 0.720. The zero-order chi connectivity index (χ0) is 7.78. The van der Waals surface area contributed by atoms with Crippen LogP contribution in [0.3, 0.4) is 0 Å². The lowest BCUT2D eigenvalue weighted by atomic mass is 9.97. The third kappa shape index (κ3) is 1.51. The molecule has 1 rings (SSSR count). The number of halogens is 1. The van der Waals surface area contributed by atoms with Gasteiger partial charge in [0.1, 0.15) is 6.26 Å². The summed E-state index contributed by atoms with van der Waals surface area (Å²) in [5, 5.41) is 0.421. The lowest BCUT2D eigenvalue weighted by molar-refractivity contribution is 0.392. The van der Waals surface area contributed by atoms with Crippen LogP contribution in [0.2, 0.25) is 5.15 Å². The molecule has 0 amide bonds. The predicted molar refractivity (Wildman–Crippen MR) is 40.2 cm³/mol. The molecule has 0 radical (unpaired) electrons. The molecule has 0 aliphatic heterocycles. The molecule has 1 aromatic rings. The Morgan fingerprint density at radius 2 is 2.10 bits per heavy atom. The molecule has 0 aliphatic rings. The average Bonchev–Trinajstić information content (AvgIpc) is 2.11. The van der Waals surface area contributed by atoms with Crippen LogP contribution in [0.25, 0.3) is 0 Å². The van der Waals surface area contributed by atoms with Crippen LogP contribution in [0.15, 0.2) is 10.7 Å². The Bertz CT molecular complexity index is 224. The summed E-state index contributed by atoms with van der Waals surface area (Å²) in [5.74, 6) is 0.678. The summed E-state index contributed by atoms with van der Waals surface area (Å²) in [5.41, 5.74) is -0.0485. The van der Waals surface area contributed by atoms with Gasteiger partial charge in [0, 0.05) is 5.41 Å². The Morgan fingerprint density at radius 1 is 1.50 bits per heavy atom. The van der Waals surface area contributed by atoms with Gasteiger partial charge in [0.2, 0.25) is 5.89 Å². The molecule has 0 bridgehead atoms. The van der Waals surface area contributed by atoms with E-state index < -0.39 is 0 Å². The quantitative estimate of drug-likeness (QED) is 0.582. The van der Waals surface area contributed by atoms with Crippen LogP contribution in [0.5, 0.6) is 0 Å². The third-order valence-corrected chi connectivity index (χ3v) is 1.29. The van der Waals surface area contributed by atoms with Gasteiger partial charge in [-0.05, 0) is 0 Å². The second kappa shape index (κ2) is 2.27. The molecule has 3 heteroatoms. The van der Waals surface area contributed by atoms with Gasteiger partial charge in [0.15, 0.2) is 5.15 Å². The predicted octanol–water partition coefficient (Wildman–Crippen LogP) is 2.63. The number of oxazole rings is 1. The van der Waals surface area contributed by atoms with Crippen LogP contribution in [0.4, 0.5) is 0 Å². The number of hydrogen-bond donors (Lipinski definition) is 0. The van der Waals surface area contributed by atoms with Gasteiger partial charge in [0.05, 0.1) is 0 Å². The van der Waals surface area contributed by atoms with Gasteiger partial charge in [-0.25, -0.2) is 4.98 Å². The summed E-state index contributed by atoms with van der Waals surface area (Å²) >= 11 is 5.56. The standard InChI is InChI=1S/C7H10ClNO/c1-7(2,3)6-9-5(8)4-10-6/h4H,1-3H3. The lowest BCUT2D eigenvalue weighted by Crippen LogP contribution is -2.10. The van der Waals surface area contributed by atoms with E-state index in [-0.39, 0.29) is 5.41 Å². The molecule has 56 valence electrons. The maximum atomic E-state index is 5.56. The fraction of sp³-hybridized carbons (Fsp3) is 0.571. The first kappa shape index (κ1) is 7.61. The van der Waals surface area contributed by atoms with Crippen molar-refractivity contribution in [1.82, 2.24) is 4.98 Å². The van der Waals surface area contributed by atoms with E-state index in [0.717, 1.165) is 0 Å². The van der Waals surface area contributed by atoms with Gasteiger partial charge in [-0.3, -0.25) is 0 Å².